The lowest BCUT2D eigenvalue weighted by molar-refractivity contribution is -0.133. The first-order chi connectivity index (χ1) is 7.76. The number of nitrogens with two attached hydrogens (primary N) is 1. The largest absolute Gasteiger partial charge is 0.352 e. The van der Waals surface area contributed by atoms with Crippen LogP contribution in [0.2, 0.25) is 0 Å². The van der Waals surface area contributed by atoms with Gasteiger partial charge >= 0.3 is 0 Å². The molecule has 0 atom stereocenters. The summed E-state index contributed by atoms with van der Waals surface area (Å²) in [6, 6.07) is 0.363. The third-order valence-electron chi connectivity index (χ3n) is 5.10. The number of nitrogens with one attached hydrogen (secondary N) is 1. The fourth-order valence-electron chi connectivity index (χ4n) is 3.73. The van der Waals surface area contributed by atoms with Gasteiger partial charge in [-0.1, -0.05) is 34.1 Å². The van der Waals surface area contributed by atoms with Crippen LogP contribution >= 0.6 is 0 Å². The molecule has 2 fully saturated rings. The van der Waals surface area contributed by atoms with Crippen LogP contribution in [0.3, 0.4) is 0 Å². The molecule has 0 saturated heterocycles. The van der Waals surface area contributed by atoms with E-state index in [0.29, 0.717) is 12.3 Å². The summed E-state index contributed by atoms with van der Waals surface area (Å²) >= 11 is 0. The maximum atomic E-state index is 12.0. The average molecular weight is 238 g/mol. The Balaban J connectivity index is 1.91. The van der Waals surface area contributed by atoms with Crippen molar-refractivity contribution < 1.29 is 4.79 Å². The molecule has 3 nitrogen and oxygen atoms in total. The molecule has 2 aliphatic carbocycles. The lowest BCUT2D eigenvalue weighted by atomic mass is 9.48. The highest BCUT2D eigenvalue weighted by atomic mass is 16.1. The van der Waals surface area contributed by atoms with E-state index in [0.717, 1.165) is 0 Å². The number of rotatable bonds is 3. The minimum absolute atomic E-state index is 0.0127. The summed E-state index contributed by atoms with van der Waals surface area (Å²) in [7, 11) is 0. The number of carbonyl (C=O) groups is 1. The van der Waals surface area contributed by atoms with Crippen molar-refractivity contribution in [2.24, 2.45) is 22.5 Å². The van der Waals surface area contributed by atoms with Crippen LogP contribution in [-0.2, 0) is 4.79 Å². The van der Waals surface area contributed by atoms with Gasteiger partial charge in [-0.3, -0.25) is 4.79 Å². The number of carbonyl (C=O) groups excluding carboxylic acids is 1. The molecule has 0 radical (unpaired) electrons. The van der Waals surface area contributed by atoms with Gasteiger partial charge in [0.15, 0.2) is 0 Å². The van der Waals surface area contributed by atoms with Crippen molar-refractivity contribution in [3.63, 3.8) is 0 Å². The lowest BCUT2D eigenvalue weighted by Gasteiger charge is -2.63. The molecular formula is C14H26N2O. The van der Waals surface area contributed by atoms with Gasteiger partial charge in [-0.25, -0.2) is 0 Å². The summed E-state index contributed by atoms with van der Waals surface area (Å²) in [6.45, 7) is 8.60. The molecule has 3 heteroatoms. The van der Waals surface area contributed by atoms with Gasteiger partial charge in [0.05, 0.1) is 0 Å². The van der Waals surface area contributed by atoms with Crippen molar-refractivity contribution in [3.05, 3.63) is 0 Å². The summed E-state index contributed by atoms with van der Waals surface area (Å²) in [5.41, 5.74) is 6.21. The van der Waals surface area contributed by atoms with Gasteiger partial charge in [0.2, 0.25) is 5.91 Å². The fraction of sp³-hybridized carbons (Fsp3) is 0.929. The first-order valence-corrected chi connectivity index (χ1v) is 6.81. The number of hydrogen-bond donors (Lipinski definition) is 2. The zero-order valence-corrected chi connectivity index (χ0v) is 11.5. The van der Waals surface area contributed by atoms with Gasteiger partial charge in [-0.2, -0.15) is 0 Å². The molecular weight excluding hydrogens is 212 g/mol. The second kappa shape index (κ2) is 3.98. The van der Waals surface area contributed by atoms with Crippen LogP contribution in [0.4, 0.5) is 0 Å². The topological polar surface area (TPSA) is 55.1 Å². The van der Waals surface area contributed by atoms with Crippen LogP contribution < -0.4 is 11.1 Å². The predicted molar refractivity (Wildman–Crippen MR) is 69.4 cm³/mol. The first-order valence-electron chi connectivity index (χ1n) is 6.81. The van der Waals surface area contributed by atoms with E-state index in [2.05, 4.69) is 33.0 Å². The Kier molecular flexibility index (Phi) is 3.01. The van der Waals surface area contributed by atoms with Crippen molar-refractivity contribution in [3.8, 4) is 0 Å². The molecule has 0 bridgehead atoms. The second-order valence-corrected chi connectivity index (χ2v) is 7.12. The zero-order valence-electron chi connectivity index (χ0n) is 11.5. The highest BCUT2D eigenvalue weighted by Gasteiger charge is 2.60. The van der Waals surface area contributed by atoms with E-state index in [1.165, 1.54) is 19.3 Å². The normalized spacial score (nSPS) is 34.6. The Morgan fingerprint density at radius 2 is 1.76 bits per heavy atom. The molecule has 1 amide bonds. The summed E-state index contributed by atoms with van der Waals surface area (Å²) in [5.74, 6) is 0.850. The molecule has 0 unspecified atom stereocenters. The Morgan fingerprint density at radius 3 is 2.18 bits per heavy atom. The fourth-order valence-corrected chi connectivity index (χ4v) is 3.73. The molecule has 0 aromatic heterocycles. The van der Waals surface area contributed by atoms with E-state index < -0.39 is 0 Å². The lowest BCUT2D eigenvalue weighted by Crippen LogP contribution is -2.76. The minimum atomic E-state index is 0.0127. The van der Waals surface area contributed by atoms with Crippen LogP contribution in [0.1, 0.15) is 53.4 Å². The maximum absolute atomic E-state index is 12.0. The molecule has 0 aliphatic heterocycles. The number of hydrogen-bond acceptors (Lipinski definition) is 2. The average Bonchev–Trinajstić information content (AvgIpc) is 2.18. The molecule has 2 aliphatic rings. The van der Waals surface area contributed by atoms with Gasteiger partial charge in [0.1, 0.15) is 0 Å². The van der Waals surface area contributed by atoms with E-state index in [9.17, 15) is 4.79 Å². The second-order valence-electron chi connectivity index (χ2n) is 7.12. The van der Waals surface area contributed by atoms with Gasteiger partial charge in [-0.05, 0) is 18.8 Å². The van der Waals surface area contributed by atoms with E-state index in [1.807, 2.05) is 0 Å². The summed E-state index contributed by atoms with van der Waals surface area (Å²) < 4.78 is 0. The van der Waals surface area contributed by atoms with Crippen LogP contribution in [0.25, 0.3) is 0 Å². The standard InChI is InChI=1S/C14H26N2O/c1-13(2)11(15)14(3,4)12(13)16-10(17)8-9-6-5-7-9/h9,11-12H,5-8,15H2,1-4H3,(H,16,17). The van der Waals surface area contributed by atoms with E-state index >= 15 is 0 Å². The summed E-state index contributed by atoms with van der Waals surface area (Å²) in [5, 5.41) is 3.21. The minimum Gasteiger partial charge on any atom is -0.352 e. The van der Waals surface area contributed by atoms with Gasteiger partial charge in [0.25, 0.3) is 0 Å². The smallest absolute Gasteiger partial charge is 0.220 e. The Morgan fingerprint density at radius 1 is 1.24 bits per heavy atom. The Bertz CT molecular complexity index is 302. The van der Waals surface area contributed by atoms with Crippen LogP contribution in [0.15, 0.2) is 0 Å². The molecule has 17 heavy (non-hydrogen) atoms. The monoisotopic (exact) mass is 238 g/mol. The summed E-state index contributed by atoms with van der Waals surface area (Å²) in [6.07, 6.45) is 4.45. The van der Waals surface area contributed by atoms with Crippen molar-refractivity contribution in [2.75, 3.05) is 0 Å². The SMILES string of the molecule is CC1(C)C(N)C(C)(C)C1NC(=O)CC1CCC1. The van der Waals surface area contributed by atoms with Gasteiger partial charge < -0.3 is 11.1 Å². The quantitative estimate of drug-likeness (QED) is 0.790. The van der Waals surface area contributed by atoms with Crippen molar-refractivity contribution in [1.82, 2.24) is 5.32 Å². The van der Waals surface area contributed by atoms with Crippen molar-refractivity contribution in [2.45, 2.75) is 65.5 Å². The molecule has 0 heterocycles. The van der Waals surface area contributed by atoms with Crippen LogP contribution in [-0.4, -0.2) is 18.0 Å². The molecule has 2 saturated carbocycles. The third kappa shape index (κ3) is 1.99. The van der Waals surface area contributed by atoms with Crippen molar-refractivity contribution in [1.29, 1.82) is 0 Å². The van der Waals surface area contributed by atoms with Crippen LogP contribution in [0, 0.1) is 16.7 Å². The molecule has 3 N–H and O–H groups in total. The van der Waals surface area contributed by atoms with E-state index in [4.69, 9.17) is 5.73 Å². The third-order valence-corrected chi connectivity index (χ3v) is 5.10. The number of amides is 1. The first kappa shape index (κ1) is 12.9. The highest BCUT2D eigenvalue weighted by Crippen LogP contribution is 2.52. The molecule has 0 aromatic carbocycles. The molecule has 2 rings (SSSR count). The van der Waals surface area contributed by atoms with Gasteiger partial charge in [0, 0.05) is 29.3 Å². The van der Waals surface area contributed by atoms with E-state index in [-0.39, 0.29) is 28.8 Å². The molecule has 98 valence electrons. The predicted octanol–water partition coefficient (Wildman–Crippen LogP) is 2.05. The zero-order chi connectivity index (χ0) is 12.8. The summed E-state index contributed by atoms with van der Waals surface area (Å²) in [4.78, 5) is 12.0. The van der Waals surface area contributed by atoms with Crippen LogP contribution in [0.5, 0.6) is 0 Å². The van der Waals surface area contributed by atoms with E-state index in [1.54, 1.807) is 0 Å². The maximum Gasteiger partial charge on any atom is 0.220 e. The van der Waals surface area contributed by atoms with Gasteiger partial charge in [-0.15, -0.1) is 0 Å². The Hall–Kier alpha value is -0.570. The molecule has 0 spiro atoms. The highest BCUT2D eigenvalue weighted by molar-refractivity contribution is 5.77. The Labute approximate surface area is 105 Å². The molecule has 0 aromatic rings. The van der Waals surface area contributed by atoms with Crippen molar-refractivity contribution >= 4 is 5.91 Å².